The van der Waals surface area contributed by atoms with Gasteiger partial charge in [-0.25, -0.2) is 4.98 Å². The van der Waals surface area contributed by atoms with Crippen LogP contribution in [0.25, 0.3) is 87.8 Å². The number of aromatic nitrogens is 3. The predicted molar refractivity (Wildman–Crippen MR) is 184 cm³/mol. The van der Waals surface area contributed by atoms with Gasteiger partial charge in [0.05, 0.1) is 22.4 Å². The molecule has 0 aliphatic heterocycles. The summed E-state index contributed by atoms with van der Waals surface area (Å²) in [5.41, 5.74) is 8.11. The molecule has 44 heavy (non-hydrogen) atoms. The van der Waals surface area contributed by atoms with E-state index in [1.54, 1.807) is 0 Å². The molecule has 3 nitrogen and oxygen atoms in total. The fraction of sp³-hybridized carbons (Fsp3) is 0. The standard InChI is InChI=1S/C41H25N3/c1-2-10-27-21-29(18-17-26(27)9-1)38-24-31(36-23-30-12-7-19-42-40(30)41-35(36)16-8-20-43-41)25-39(44-38)37-22-28-11-3-4-13-32(28)33-14-5-6-15-34(33)37/h1-25H. The molecule has 0 aliphatic rings. The van der Waals surface area contributed by atoms with Crippen LogP contribution in [-0.2, 0) is 0 Å². The fourth-order valence-corrected chi connectivity index (χ4v) is 6.60. The molecule has 0 atom stereocenters. The molecule has 9 aromatic rings. The average Bonchev–Trinajstić information content (AvgIpc) is 3.10. The van der Waals surface area contributed by atoms with E-state index in [4.69, 9.17) is 15.0 Å². The van der Waals surface area contributed by atoms with Gasteiger partial charge < -0.3 is 0 Å². The maximum atomic E-state index is 5.38. The molecule has 3 heterocycles. The molecule has 6 aromatic carbocycles. The van der Waals surface area contributed by atoms with E-state index in [9.17, 15) is 0 Å². The molecule has 3 aromatic heterocycles. The van der Waals surface area contributed by atoms with Crippen LogP contribution in [0.15, 0.2) is 152 Å². The molecule has 204 valence electrons. The molecule has 0 fully saturated rings. The van der Waals surface area contributed by atoms with Gasteiger partial charge in [-0.15, -0.1) is 0 Å². The molecule has 9 rings (SSSR count). The number of fused-ring (bicyclic) bond motifs is 7. The van der Waals surface area contributed by atoms with Crippen molar-refractivity contribution in [3.63, 3.8) is 0 Å². The van der Waals surface area contributed by atoms with Crippen molar-refractivity contribution in [2.75, 3.05) is 0 Å². The van der Waals surface area contributed by atoms with Crippen LogP contribution in [0.5, 0.6) is 0 Å². The summed E-state index contributed by atoms with van der Waals surface area (Å²) in [6, 6.07) is 49.6. The summed E-state index contributed by atoms with van der Waals surface area (Å²) in [6.07, 6.45) is 3.68. The first-order valence-electron chi connectivity index (χ1n) is 14.9. The highest BCUT2D eigenvalue weighted by molar-refractivity contribution is 6.14. The first kappa shape index (κ1) is 24.6. The van der Waals surface area contributed by atoms with E-state index in [1.807, 2.05) is 24.5 Å². The Labute approximate surface area is 254 Å². The zero-order valence-corrected chi connectivity index (χ0v) is 23.8. The SMILES string of the molecule is c1ccc2cc(-c3cc(-c4cc5cccnc5c5ncccc45)cc(-c4cc5ccccc5c5ccccc45)n3)ccc2c1. The Balaban J connectivity index is 1.38. The number of rotatable bonds is 3. The van der Waals surface area contributed by atoms with Crippen molar-refractivity contribution in [2.45, 2.75) is 0 Å². The summed E-state index contributed by atoms with van der Waals surface area (Å²) < 4.78 is 0. The Bertz CT molecular complexity index is 2430. The van der Waals surface area contributed by atoms with Crippen molar-refractivity contribution in [3.05, 3.63) is 152 Å². The summed E-state index contributed by atoms with van der Waals surface area (Å²) in [5.74, 6) is 0. The van der Waals surface area contributed by atoms with E-state index < -0.39 is 0 Å². The van der Waals surface area contributed by atoms with E-state index in [1.165, 1.54) is 32.3 Å². The normalized spacial score (nSPS) is 11.6. The molecule has 0 saturated carbocycles. The van der Waals surface area contributed by atoms with Crippen LogP contribution in [0.1, 0.15) is 0 Å². The molecular formula is C41H25N3. The van der Waals surface area contributed by atoms with E-state index in [0.717, 1.165) is 55.4 Å². The van der Waals surface area contributed by atoms with Gasteiger partial charge >= 0.3 is 0 Å². The Morgan fingerprint density at radius 2 is 0.977 bits per heavy atom. The van der Waals surface area contributed by atoms with Gasteiger partial charge in [0.15, 0.2) is 0 Å². The van der Waals surface area contributed by atoms with Crippen molar-refractivity contribution in [3.8, 4) is 33.6 Å². The number of benzene rings is 6. The van der Waals surface area contributed by atoms with Crippen molar-refractivity contribution >= 4 is 54.1 Å². The van der Waals surface area contributed by atoms with Crippen molar-refractivity contribution in [1.82, 2.24) is 15.0 Å². The quantitative estimate of drug-likeness (QED) is 0.202. The zero-order valence-electron chi connectivity index (χ0n) is 23.8. The molecule has 0 amide bonds. The topological polar surface area (TPSA) is 38.7 Å². The van der Waals surface area contributed by atoms with Gasteiger partial charge in [0.2, 0.25) is 0 Å². The molecule has 0 radical (unpaired) electrons. The lowest BCUT2D eigenvalue weighted by atomic mass is 9.92. The minimum absolute atomic E-state index is 0.905. The highest BCUT2D eigenvalue weighted by atomic mass is 14.7. The third-order valence-corrected chi connectivity index (χ3v) is 8.69. The monoisotopic (exact) mass is 559 g/mol. The van der Waals surface area contributed by atoms with Crippen LogP contribution in [0.4, 0.5) is 0 Å². The fourth-order valence-electron chi connectivity index (χ4n) is 6.60. The first-order chi connectivity index (χ1) is 21.8. The van der Waals surface area contributed by atoms with Gasteiger partial charge in [-0.3, -0.25) is 9.97 Å². The predicted octanol–water partition coefficient (Wildman–Crippen LogP) is 10.6. The smallest absolute Gasteiger partial charge is 0.0970 e. The number of pyridine rings is 3. The first-order valence-corrected chi connectivity index (χ1v) is 14.9. The lowest BCUT2D eigenvalue weighted by Gasteiger charge is -2.15. The van der Waals surface area contributed by atoms with Crippen LogP contribution < -0.4 is 0 Å². The second-order valence-corrected chi connectivity index (χ2v) is 11.3. The third kappa shape index (κ3) is 3.94. The van der Waals surface area contributed by atoms with Crippen molar-refractivity contribution < 1.29 is 0 Å². The second-order valence-electron chi connectivity index (χ2n) is 11.3. The van der Waals surface area contributed by atoms with Crippen molar-refractivity contribution in [1.29, 1.82) is 0 Å². The largest absolute Gasteiger partial charge is 0.254 e. The molecule has 0 saturated heterocycles. The van der Waals surface area contributed by atoms with Crippen LogP contribution in [-0.4, -0.2) is 15.0 Å². The molecule has 0 bridgehead atoms. The lowest BCUT2D eigenvalue weighted by Crippen LogP contribution is -1.94. The van der Waals surface area contributed by atoms with E-state index >= 15 is 0 Å². The summed E-state index contributed by atoms with van der Waals surface area (Å²) in [7, 11) is 0. The zero-order chi connectivity index (χ0) is 29.0. The Kier molecular flexibility index (Phi) is 5.50. The van der Waals surface area contributed by atoms with Crippen molar-refractivity contribution in [2.24, 2.45) is 0 Å². The number of hydrogen-bond donors (Lipinski definition) is 0. The number of nitrogens with zero attached hydrogens (tertiary/aromatic N) is 3. The van der Waals surface area contributed by atoms with Crippen LogP contribution in [0, 0.1) is 0 Å². The van der Waals surface area contributed by atoms with Crippen LogP contribution >= 0.6 is 0 Å². The van der Waals surface area contributed by atoms with E-state index in [0.29, 0.717) is 0 Å². The summed E-state index contributed by atoms with van der Waals surface area (Å²) in [6.45, 7) is 0. The Morgan fingerprint density at radius 3 is 1.86 bits per heavy atom. The van der Waals surface area contributed by atoms with E-state index in [-0.39, 0.29) is 0 Å². The summed E-state index contributed by atoms with van der Waals surface area (Å²) >= 11 is 0. The molecular weight excluding hydrogens is 534 g/mol. The minimum atomic E-state index is 0.905. The minimum Gasteiger partial charge on any atom is -0.254 e. The van der Waals surface area contributed by atoms with E-state index in [2.05, 4.69) is 127 Å². The third-order valence-electron chi connectivity index (χ3n) is 8.69. The van der Waals surface area contributed by atoms with Gasteiger partial charge in [0, 0.05) is 34.3 Å². The lowest BCUT2D eigenvalue weighted by molar-refractivity contribution is 1.33. The van der Waals surface area contributed by atoms with Gasteiger partial charge in [-0.05, 0) is 85.9 Å². The summed E-state index contributed by atoms with van der Waals surface area (Å²) in [4.78, 5) is 14.9. The molecule has 0 unspecified atom stereocenters. The van der Waals surface area contributed by atoms with Gasteiger partial charge in [0.25, 0.3) is 0 Å². The molecule has 0 spiro atoms. The second kappa shape index (κ2) is 9.82. The average molecular weight is 560 g/mol. The van der Waals surface area contributed by atoms with Gasteiger partial charge in [0.1, 0.15) is 0 Å². The maximum Gasteiger partial charge on any atom is 0.0970 e. The van der Waals surface area contributed by atoms with Gasteiger partial charge in [-0.1, -0.05) is 97.1 Å². The Morgan fingerprint density at radius 1 is 0.341 bits per heavy atom. The van der Waals surface area contributed by atoms with Crippen LogP contribution in [0.2, 0.25) is 0 Å². The summed E-state index contributed by atoms with van der Waals surface area (Å²) in [5, 5.41) is 9.41. The Hall–Kier alpha value is -5.93. The molecule has 3 heteroatoms. The highest BCUT2D eigenvalue weighted by Crippen LogP contribution is 2.40. The number of hydrogen-bond acceptors (Lipinski definition) is 3. The molecule has 0 aliphatic carbocycles. The maximum absolute atomic E-state index is 5.38. The van der Waals surface area contributed by atoms with Gasteiger partial charge in [-0.2, -0.15) is 0 Å². The van der Waals surface area contributed by atoms with Crippen LogP contribution in [0.3, 0.4) is 0 Å². The molecule has 0 N–H and O–H groups in total. The highest BCUT2D eigenvalue weighted by Gasteiger charge is 2.16.